The van der Waals surface area contributed by atoms with E-state index in [2.05, 4.69) is 47.0 Å². The molecule has 2 N–H and O–H groups in total. The van der Waals surface area contributed by atoms with Crippen LogP contribution in [0.1, 0.15) is 27.8 Å². The van der Waals surface area contributed by atoms with Gasteiger partial charge in [0.25, 0.3) is 0 Å². The number of nitriles is 1. The number of hydrogen-bond donors (Lipinski definition) is 2. The van der Waals surface area contributed by atoms with Crippen LogP contribution in [-0.4, -0.2) is 0 Å². The van der Waals surface area contributed by atoms with E-state index in [-0.39, 0.29) is 0 Å². The Bertz CT molecular complexity index is 788. The third-order valence-electron chi connectivity index (χ3n) is 4.18. The molecule has 0 fully saturated rings. The molecule has 3 heteroatoms. The quantitative estimate of drug-likeness (QED) is 0.647. The third-order valence-corrected chi connectivity index (χ3v) is 4.18. The summed E-state index contributed by atoms with van der Waals surface area (Å²) in [6.07, 6.45) is 0. The second kappa shape index (κ2) is 9.53. The van der Waals surface area contributed by atoms with E-state index in [0.717, 1.165) is 37.3 Å². The summed E-state index contributed by atoms with van der Waals surface area (Å²) in [6.45, 7) is 3.13. The molecule has 3 rings (SSSR count). The molecule has 26 heavy (non-hydrogen) atoms. The Kier molecular flexibility index (Phi) is 6.55. The molecule has 0 spiro atoms. The Labute approximate surface area is 155 Å². The van der Waals surface area contributed by atoms with Gasteiger partial charge in [0.2, 0.25) is 0 Å². The van der Waals surface area contributed by atoms with Gasteiger partial charge in [-0.3, -0.25) is 0 Å². The molecular formula is C23H23N3. The smallest absolute Gasteiger partial charge is 0.0991 e. The summed E-state index contributed by atoms with van der Waals surface area (Å²) in [6, 6.07) is 29.0. The second-order valence-corrected chi connectivity index (χ2v) is 6.33. The van der Waals surface area contributed by atoms with E-state index in [1.54, 1.807) is 0 Å². The van der Waals surface area contributed by atoms with Gasteiger partial charge in [0, 0.05) is 26.2 Å². The lowest BCUT2D eigenvalue weighted by atomic mass is 10.1. The normalized spacial score (nSPS) is 10.4. The molecule has 130 valence electrons. The number of hydrogen-bond acceptors (Lipinski definition) is 3. The van der Waals surface area contributed by atoms with Gasteiger partial charge >= 0.3 is 0 Å². The SMILES string of the molecule is N#Cc1cc(CNCc2ccccc2)cc(CNCc2ccccc2)c1. The van der Waals surface area contributed by atoms with Crippen LogP contribution in [0, 0.1) is 11.3 Å². The zero-order valence-electron chi connectivity index (χ0n) is 14.8. The Morgan fingerprint density at radius 1 is 0.577 bits per heavy atom. The van der Waals surface area contributed by atoms with Crippen molar-refractivity contribution in [3.8, 4) is 6.07 Å². The molecule has 0 heterocycles. The number of nitrogens with one attached hydrogen (secondary N) is 2. The van der Waals surface area contributed by atoms with Crippen LogP contribution in [0.2, 0.25) is 0 Å². The lowest BCUT2D eigenvalue weighted by Gasteiger charge is -2.10. The fourth-order valence-corrected chi connectivity index (χ4v) is 2.93. The van der Waals surface area contributed by atoms with Crippen LogP contribution in [0.3, 0.4) is 0 Å². The number of benzene rings is 3. The first-order valence-corrected chi connectivity index (χ1v) is 8.86. The van der Waals surface area contributed by atoms with E-state index in [4.69, 9.17) is 0 Å². The third kappa shape index (κ3) is 5.56. The Morgan fingerprint density at radius 2 is 1.00 bits per heavy atom. The minimum absolute atomic E-state index is 0.709. The van der Waals surface area contributed by atoms with Gasteiger partial charge in [0.1, 0.15) is 0 Å². The average Bonchev–Trinajstić information content (AvgIpc) is 2.69. The van der Waals surface area contributed by atoms with Crippen molar-refractivity contribution in [2.75, 3.05) is 0 Å². The van der Waals surface area contributed by atoms with Crippen molar-refractivity contribution in [2.24, 2.45) is 0 Å². The van der Waals surface area contributed by atoms with E-state index < -0.39 is 0 Å². The topological polar surface area (TPSA) is 47.9 Å². The molecule has 0 aliphatic carbocycles. The monoisotopic (exact) mass is 341 g/mol. The van der Waals surface area contributed by atoms with Crippen LogP contribution in [0.4, 0.5) is 0 Å². The highest BCUT2D eigenvalue weighted by Gasteiger charge is 2.02. The maximum absolute atomic E-state index is 9.30. The highest BCUT2D eigenvalue weighted by molar-refractivity contribution is 5.37. The van der Waals surface area contributed by atoms with Crippen molar-refractivity contribution >= 4 is 0 Å². The first-order valence-electron chi connectivity index (χ1n) is 8.86. The van der Waals surface area contributed by atoms with Gasteiger partial charge in [-0.2, -0.15) is 5.26 Å². The standard InChI is InChI=1S/C23H23N3/c24-14-21-11-22(17-25-15-19-7-3-1-4-8-19)13-23(12-21)18-26-16-20-9-5-2-6-10-20/h1-13,25-26H,15-18H2. The molecule has 0 radical (unpaired) electrons. The van der Waals surface area contributed by atoms with Gasteiger partial charge in [0.15, 0.2) is 0 Å². The van der Waals surface area contributed by atoms with Crippen LogP contribution in [0.15, 0.2) is 78.9 Å². The fourth-order valence-electron chi connectivity index (χ4n) is 2.93. The zero-order valence-corrected chi connectivity index (χ0v) is 14.8. The van der Waals surface area contributed by atoms with Crippen molar-refractivity contribution in [3.05, 3.63) is 107 Å². The molecule has 0 amide bonds. The predicted octanol–water partition coefficient (Wildman–Crippen LogP) is 4.14. The van der Waals surface area contributed by atoms with Gasteiger partial charge < -0.3 is 10.6 Å². The molecule has 0 aliphatic rings. The average molecular weight is 341 g/mol. The van der Waals surface area contributed by atoms with Crippen molar-refractivity contribution in [3.63, 3.8) is 0 Å². The van der Waals surface area contributed by atoms with Crippen LogP contribution >= 0.6 is 0 Å². The van der Waals surface area contributed by atoms with E-state index in [9.17, 15) is 5.26 Å². The molecule has 3 aromatic rings. The van der Waals surface area contributed by atoms with E-state index in [0.29, 0.717) is 5.56 Å². The molecule has 0 saturated heterocycles. The minimum atomic E-state index is 0.709. The largest absolute Gasteiger partial charge is 0.309 e. The van der Waals surface area contributed by atoms with Gasteiger partial charge in [0.05, 0.1) is 11.6 Å². The first kappa shape index (κ1) is 17.9. The van der Waals surface area contributed by atoms with Crippen LogP contribution < -0.4 is 10.6 Å². The molecular weight excluding hydrogens is 318 g/mol. The first-order chi connectivity index (χ1) is 12.8. The van der Waals surface area contributed by atoms with Crippen LogP contribution in [-0.2, 0) is 26.2 Å². The Hall–Kier alpha value is -2.93. The highest BCUT2D eigenvalue weighted by atomic mass is 14.9. The molecule has 3 aromatic carbocycles. The lowest BCUT2D eigenvalue weighted by Crippen LogP contribution is -2.15. The Balaban J connectivity index is 1.56. The van der Waals surface area contributed by atoms with E-state index in [1.165, 1.54) is 11.1 Å². The number of nitrogens with zero attached hydrogens (tertiary/aromatic N) is 1. The van der Waals surface area contributed by atoms with Gasteiger partial charge in [-0.15, -0.1) is 0 Å². The lowest BCUT2D eigenvalue weighted by molar-refractivity contribution is 0.681. The summed E-state index contributed by atoms with van der Waals surface area (Å²) in [5.41, 5.74) is 5.50. The van der Waals surface area contributed by atoms with Crippen LogP contribution in [0.5, 0.6) is 0 Å². The predicted molar refractivity (Wildman–Crippen MR) is 105 cm³/mol. The van der Waals surface area contributed by atoms with Crippen LogP contribution in [0.25, 0.3) is 0 Å². The summed E-state index contributed by atoms with van der Waals surface area (Å²) in [4.78, 5) is 0. The van der Waals surface area contributed by atoms with Gasteiger partial charge in [-0.05, 0) is 34.4 Å². The van der Waals surface area contributed by atoms with Gasteiger partial charge in [-0.1, -0.05) is 66.7 Å². The van der Waals surface area contributed by atoms with Crippen molar-refractivity contribution < 1.29 is 0 Å². The van der Waals surface area contributed by atoms with E-state index >= 15 is 0 Å². The fraction of sp³-hybridized carbons (Fsp3) is 0.174. The number of rotatable bonds is 8. The molecule has 0 aromatic heterocycles. The summed E-state index contributed by atoms with van der Waals surface area (Å²) in [5, 5.41) is 16.2. The molecule has 0 aliphatic heterocycles. The molecule has 0 bridgehead atoms. The second-order valence-electron chi connectivity index (χ2n) is 6.33. The molecule has 0 atom stereocenters. The molecule has 3 nitrogen and oxygen atoms in total. The minimum Gasteiger partial charge on any atom is -0.309 e. The van der Waals surface area contributed by atoms with Gasteiger partial charge in [-0.25, -0.2) is 0 Å². The van der Waals surface area contributed by atoms with Crippen molar-refractivity contribution in [1.29, 1.82) is 5.26 Å². The summed E-state index contributed by atoms with van der Waals surface area (Å²) in [7, 11) is 0. The summed E-state index contributed by atoms with van der Waals surface area (Å²) < 4.78 is 0. The molecule has 0 saturated carbocycles. The summed E-state index contributed by atoms with van der Waals surface area (Å²) in [5.74, 6) is 0. The Morgan fingerprint density at radius 3 is 1.42 bits per heavy atom. The maximum atomic E-state index is 9.30. The summed E-state index contributed by atoms with van der Waals surface area (Å²) >= 11 is 0. The maximum Gasteiger partial charge on any atom is 0.0991 e. The van der Waals surface area contributed by atoms with Crippen molar-refractivity contribution in [2.45, 2.75) is 26.2 Å². The highest BCUT2D eigenvalue weighted by Crippen LogP contribution is 2.11. The zero-order chi connectivity index (χ0) is 18.0. The molecule has 0 unspecified atom stereocenters. The van der Waals surface area contributed by atoms with E-state index in [1.807, 2.05) is 48.5 Å². The van der Waals surface area contributed by atoms with Crippen molar-refractivity contribution in [1.82, 2.24) is 10.6 Å².